The third-order valence-electron chi connectivity index (χ3n) is 5.17. The van der Waals surface area contributed by atoms with Crippen LogP contribution in [0, 0.1) is 17.8 Å². The van der Waals surface area contributed by atoms with Crippen LogP contribution in [-0.2, 0) is 6.42 Å². The highest BCUT2D eigenvalue weighted by Gasteiger charge is 2.51. The van der Waals surface area contributed by atoms with Crippen molar-refractivity contribution in [2.45, 2.75) is 56.9 Å². The van der Waals surface area contributed by atoms with Gasteiger partial charge in [-0.3, -0.25) is 0 Å². The SMILES string of the molecule is CC(C)[C@@H]1CC[C@@H](C)CC12Cc1ccccc1SN2F. The van der Waals surface area contributed by atoms with Crippen LogP contribution in [0.5, 0.6) is 0 Å². The molecule has 1 aromatic carbocycles. The largest absolute Gasteiger partial charge is 0.122 e. The predicted octanol–water partition coefficient (Wildman–Crippen LogP) is 5.27. The third kappa shape index (κ3) is 2.29. The maximum Gasteiger partial charge on any atom is 0.0705 e. The minimum absolute atomic E-state index is 0.301. The van der Waals surface area contributed by atoms with E-state index in [0.717, 1.165) is 28.7 Å². The smallest absolute Gasteiger partial charge is 0.0705 e. The fourth-order valence-electron chi connectivity index (χ4n) is 4.26. The average molecular weight is 293 g/mol. The summed E-state index contributed by atoms with van der Waals surface area (Å²) in [6.07, 6.45) is 4.24. The van der Waals surface area contributed by atoms with Crippen LogP contribution in [0.15, 0.2) is 29.2 Å². The molecule has 110 valence electrons. The van der Waals surface area contributed by atoms with E-state index in [4.69, 9.17) is 0 Å². The van der Waals surface area contributed by atoms with Gasteiger partial charge in [0.05, 0.1) is 5.54 Å². The van der Waals surface area contributed by atoms with Crippen molar-refractivity contribution < 1.29 is 4.48 Å². The van der Waals surface area contributed by atoms with E-state index < -0.39 is 0 Å². The van der Waals surface area contributed by atoms with Crippen molar-refractivity contribution in [2.24, 2.45) is 17.8 Å². The Balaban J connectivity index is 2.00. The molecule has 20 heavy (non-hydrogen) atoms. The first-order chi connectivity index (χ1) is 9.53. The molecule has 1 nitrogen and oxygen atoms in total. The molecule has 1 aromatic rings. The van der Waals surface area contributed by atoms with E-state index in [9.17, 15) is 4.48 Å². The van der Waals surface area contributed by atoms with Crippen LogP contribution in [0.4, 0.5) is 4.48 Å². The molecule has 2 aliphatic rings. The van der Waals surface area contributed by atoms with Crippen LogP contribution in [0.3, 0.4) is 0 Å². The normalized spacial score (nSPS) is 34.5. The number of hydrogen-bond donors (Lipinski definition) is 0. The van der Waals surface area contributed by atoms with Crippen molar-refractivity contribution in [2.75, 3.05) is 0 Å². The third-order valence-corrected chi connectivity index (χ3v) is 6.28. The molecule has 0 amide bonds. The number of rotatable bonds is 1. The quantitative estimate of drug-likeness (QED) is 0.513. The highest BCUT2D eigenvalue weighted by Crippen LogP contribution is 2.53. The highest BCUT2D eigenvalue weighted by atomic mass is 32.2. The zero-order valence-corrected chi connectivity index (χ0v) is 13.4. The Morgan fingerprint density at radius 2 is 2.05 bits per heavy atom. The lowest BCUT2D eigenvalue weighted by Gasteiger charge is -2.52. The number of fused-ring (bicyclic) bond motifs is 1. The lowest BCUT2D eigenvalue weighted by atomic mass is 9.63. The summed E-state index contributed by atoms with van der Waals surface area (Å²) in [4.78, 5) is 1.08. The number of nitrogens with zero attached hydrogens (tertiary/aromatic N) is 1. The molecule has 0 N–H and O–H groups in total. The first-order valence-corrected chi connectivity index (χ1v) is 8.52. The maximum atomic E-state index is 15.0. The standard InChI is InChI=1S/C17H24FNS/c1-12(2)15-9-8-13(3)10-17(15)11-14-6-4-5-7-16(14)20-19(17)18/h4-7,12-13,15H,8-11H2,1-3H3/t13-,15+,17?/m1/s1. The van der Waals surface area contributed by atoms with Crippen LogP contribution in [0.2, 0.25) is 0 Å². The molecule has 1 heterocycles. The molecule has 1 unspecified atom stereocenters. The Kier molecular flexibility index (Phi) is 3.85. The van der Waals surface area contributed by atoms with Gasteiger partial charge >= 0.3 is 0 Å². The Bertz CT molecular complexity index is 490. The predicted molar refractivity (Wildman–Crippen MR) is 83.0 cm³/mol. The van der Waals surface area contributed by atoms with Crippen molar-refractivity contribution in [1.29, 1.82) is 0 Å². The van der Waals surface area contributed by atoms with Gasteiger partial charge in [0.2, 0.25) is 0 Å². The molecular formula is C17H24FNS. The van der Waals surface area contributed by atoms with Crippen LogP contribution in [0.1, 0.15) is 45.6 Å². The average Bonchev–Trinajstić information content (AvgIpc) is 2.39. The molecule has 3 heteroatoms. The first-order valence-electron chi connectivity index (χ1n) is 7.75. The van der Waals surface area contributed by atoms with Crippen molar-refractivity contribution in [3.8, 4) is 0 Å². The van der Waals surface area contributed by atoms with Crippen molar-refractivity contribution in [1.82, 2.24) is 4.53 Å². The van der Waals surface area contributed by atoms with E-state index in [1.807, 2.05) is 12.1 Å². The minimum Gasteiger partial charge on any atom is -0.122 e. The van der Waals surface area contributed by atoms with Gasteiger partial charge in [-0.2, -0.15) is 0 Å². The van der Waals surface area contributed by atoms with Gasteiger partial charge in [0.1, 0.15) is 0 Å². The fraction of sp³-hybridized carbons (Fsp3) is 0.647. The molecule has 0 aromatic heterocycles. The number of benzene rings is 1. The molecular weight excluding hydrogens is 269 g/mol. The van der Waals surface area contributed by atoms with E-state index in [1.165, 1.54) is 23.9 Å². The first kappa shape index (κ1) is 14.4. The van der Waals surface area contributed by atoms with Gasteiger partial charge in [0.25, 0.3) is 0 Å². The molecule has 1 fully saturated rings. The zero-order valence-electron chi connectivity index (χ0n) is 12.6. The molecule has 3 atom stereocenters. The van der Waals surface area contributed by atoms with Gasteiger partial charge in [-0.05, 0) is 60.6 Å². The lowest BCUT2D eigenvalue weighted by molar-refractivity contribution is -0.0739. The van der Waals surface area contributed by atoms with Crippen LogP contribution in [0.25, 0.3) is 0 Å². The molecule has 1 spiro atoms. The molecule has 1 aliphatic carbocycles. The molecule has 3 rings (SSSR count). The topological polar surface area (TPSA) is 3.24 Å². The second-order valence-electron chi connectivity index (χ2n) is 6.96. The van der Waals surface area contributed by atoms with Crippen LogP contribution >= 0.6 is 11.9 Å². The summed E-state index contributed by atoms with van der Waals surface area (Å²) in [5.41, 5.74) is 1.02. The Hall–Kier alpha value is -0.540. The monoisotopic (exact) mass is 293 g/mol. The van der Waals surface area contributed by atoms with Crippen molar-refractivity contribution >= 4 is 11.9 Å². The summed E-state index contributed by atoms with van der Waals surface area (Å²) in [6.45, 7) is 6.78. The second kappa shape index (κ2) is 5.34. The summed E-state index contributed by atoms with van der Waals surface area (Å²) in [5.74, 6) is 1.60. The van der Waals surface area contributed by atoms with E-state index in [-0.39, 0.29) is 5.54 Å². The van der Waals surface area contributed by atoms with E-state index in [2.05, 4.69) is 32.9 Å². The molecule has 1 aliphatic heterocycles. The van der Waals surface area contributed by atoms with Crippen LogP contribution in [-0.4, -0.2) is 10.1 Å². The summed E-state index contributed by atoms with van der Waals surface area (Å²) >= 11 is 1.31. The Morgan fingerprint density at radius 1 is 1.30 bits per heavy atom. The Labute approximate surface area is 126 Å². The zero-order chi connectivity index (χ0) is 14.3. The fourth-order valence-corrected chi connectivity index (χ4v) is 5.28. The molecule has 1 saturated carbocycles. The summed E-state index contributed by atoms with van der Waals surface area (Å²) in [7, 11) is 0. The summed E-state index contributed by atoms with van der Waals surface area (Å²) in [5, 5.41) is 0. The number of halogens is 1. The lowest BCUT2D eigenvalue weighted by Crippen LogP contribution is -2.55. The van der Waals surface area contributed by atoms with Gasteiger partial charge in [0, 0.05) is 4.90 Å². The molecule has 0 bridgehead atoms. The van der Waals surface area contributed by atoms with E-state index >= 15 is 0 Å². The second-order valence-corrected chi connectivity index (χ2v) is 7.90. The molecule has 0 saturated heterocycles. The van der Waals surface area contributed by atoms with Gasteiger partial charge in [-0.25, -0.2) is 0 Å². The van der Waals surface area contributed by atoms with Gasteiger partial charge in [-0.15, -0.1) is 4.48 Å². The van der Waals surface area contributed by atoms with Crippen LogP contribution < -0.4 is 0 Å². The maximum absolute atomic E-state index is 15.0. The highest BCUT2D eigenvalue weighted by molar-refractivity contribution is 7.97. The Morgan fingerprint density at radius 3 is 2.80 bits per heavy atom. The van der Waals surface area contributed by atoms with Gasteiger partial charge in [0.15, 0.2) is 0 Å². The van der Waals surface area contributed by atoms with E-state index in [1.54, 1.807) is 0 Å². The van der Waals surface area contributed by atoms with Crippen molar-refractivity contribution in [3.63, 3.8) is 0 Å². The molecule has 0 radical (unpaired) electrons. The number of hydrogen-bond acceptors (Lipinski definition) is 2. The van der Waals surface area contributed by atoms with E-state index in [0.29, 0.717) is 17.8 Å². The van der Waals surface area contributed by atoms with Gasteiger partial charge < -0.3 is 0 Å². The van der Waals surface area contributed by atoms with Crippen molar-refractivity contribution in [3.05, 3.63) is 29.8 Å². The van der Waals surface area contributed by atoms with Gasteiger partial charge in [-0.1, -0.05) is 49.9 Å². The summed E-state index contributed by atoms with van der Waals surface area (Å²) < 4.78 is 16.1. The summed E-state index contributed by atoms with van der Waals surface area (Å²) in [6, 6.07) is 8.29. The minimum atomic E-state index is -0.301.